The number of aliphatic hydroxyl groups excluding tert-OH is 1. The molecule has 3 heteroatoms. The summed E-state index contributed by atoms with van der Waals surface area (Å²) in [5.41, 5.74) is 0. The first kappa shape index (κ1) is 11.1. The van der Waals surface area contributed by atoms with Crippen LogP contribution in [0.2, 0.25) is 0 Å². The van der Waals surface area contributed by atoms with Crippen LogP contribution in [-0.4, -0.2) is 23.7 Å². The Morgan fingerprint density at radius 1 is 1.50 bits per heavy atom. The van der Waals surface area contributed by atoms with Crippen molar-refractivity contribution in [1.29, 1.82) is 0 Å². The Bertz CT molecular complexity index is 252. The maximum atomic E-state index is 11.0. The molecule has 1 rings (SSSR count). The lowest BCUT2D eigenvalue weighted by Gasteiger charge is -2.27. The minimum atomic E-state index is -0.251. The van der Waals surface area contributed by atoms with Gasteiger partial charge in [-0.2, -0.15) is 0 Å². The molecule has 0 heterocycles. The highest BCUT2D eigenvalue weighted by Crippen LogP contribution is 2.23. The van der Waals surface area contributed by atoms with Gasteiger partial charge < -0.3 is 10.4 Å². The number of hydrogen-bond donors (Lipinski definition) is 2. The molecule has 1 amide bonds. The Hall–Kier alpha value is -1.01. The second kappa shape index (κ2) is 5.66. The average molecular weight is 195 g/mol. The maximum absolute atomic E-state index is 11.0. The van der Waals surface area contributed by atoms with E-state index < -0.39 is 0 Å². The van der Waals surface area contributed by atoms with Gasteiger partial charge in [0.1, 0.15) is 0 Å². The van der Waals surface area contributed by atoms with Crippen LogP contribution in [0.15, 0.2) is 0 Å². The van der Waals surface area contributed by atoms with E-state index in [4.69, 9.17) is 0 Å². The third-order valence-corrected chi connectivity index (χ3v) is 2.63. The van der Waals surface area contributed by atoms with Crippen LogP contribution in [0.5, 0.6) is 0 Å². The molecule has 0 aromatic carbocycles. The Kier molecular flexibility index (Phi) is 4.48. The van der Waals surface area contributed by atoms with Gasteiger partial charge in [0.25, 0.3) is 5.91 Å². The summed E-state index contributed by atoms with van der Waals surface area (Å²) in [5.74, 6) is 4.93. The van der Waals surface area contributed by atoms with Crippen LogP contribution in [0.4, 0.5) is 0 Å². The van der Waals surface area contributed by atoms with Crippen LogP contribution in [-0.2, 0) is 4.79 Å². The zero-order valence-corrected chi connectivity index (χ0v) is 8.55. The van der Waals surface area contributed by atoms with Gasteiger partial charge in [0.2, 0.25) is 0 Å². The second-order valence-corrected chi connectivity index (χ2v) is 3.70. The molecule has 0 spiro atoms. The molecule has 2 atom stereocenters. The third-order valence-electron chi connectivity index (χ3n) is 2.63. The summed E-state index contributed by atoms with van der Waals surface area (Å²) in [7, 11) is 0. The molecular formula is C11H17NO2. The Morgan fingerprint density at radius 3 is 2.86 bits per heavy atom. The Balaban J connectivity index is 2.28. The summed E-state index contributed by atoms with van der Waals surface area (Å²) in [6.45, 7) is 2.18. The molecular weight excluding hydrogens is 178 g/mol. The van der Waals surface area contributed by atoms with Gasteiger partial charge in [0.05, 0.1) is 6.10 Å². The van der Waals surface area contributed by atoms with Crippen molar-refractivity contribution in [2.24, 2.45) is 5.92 Å². The fourth-order valence-corrected chi connectivity index (χ4v) is 1.81. The van der Waals surface area contributed by atoms with Gasteiger partial charge in [-0.05, 0) is 25.7 Å². The largest absolute Gasteiger partial charge is 0.393 e. The Labute approximate surface area is 84.9 Å². The van der Waals surface area contributed by atoms with E-state index >= 15 is 0 Å². The van der Waals surface area contributed by atoms with Crippen LogP contribution in [0.3, 0.4) is 0 Å². The normalized spacial score (nSPS) is 26.1. The quantitative estimate of drug-likeness (QED) is 0.636. The molecule has 0 radical (unpaired) electrons. The molecule has 0 aromatic rings. The molecule has 78 valence electrons. The monoisotopic (exact) mass is 195 g/mol. The summed E-state index contributed by atoms with van der Waals surface area (Å²) in [4.78, 5) is 11.0. The van der Waals surface area contributed by atoms with Crippen molar-refractivity contribution in [3.05, 3.63) is 0 Å². The number of rotatable bonds is 2. The summed E-state index contributed by atoms with van der Waals surface area (Å²) < 4.78 is 0. The molecule has 0 saturated heterocycles. The van der Waals surface area contributed by atoms with Crippen LogP contribution < -0.4 is 5.32 Å². The van der Waals surface area contributed by atoms with Crippen LogP contribution in [0, 0.1) is 17.8 Å². The fraction of sp³-hybridized carbons (Fsp3) is 0.727. The standard InChI is InChI=1S/C11H17NO2/c1-2-5-11(14)12-8-9-6-3-4-7-10(9)13/h9-10,13H,3-4,6-8H2,1H3,(H,12,14). The highest BCUT2D eigenvalue weighted by Gasteiger charge is 2.22. The zero-order chi connectivity index (χ0) is 10.4. The van der Waals surface area contributed by atoms with Crippen LogP contribution in [0.25, 0.3) is 0 Å². The molecule has 1 fully saturated rings. The molecule has 2 N–H and O–H groups in total. The second-order valence-electron chi connectivity index (χ2n) is 3.70. The number of amides is 1. The molecule has 0 aromatic heterocycles. The molecule has 1 aliphatic carbocycles. The number of carbonyl (C=O) groups is 1. The first-order valence-electron chi connectivity index (χ1n) is 5.12. The first-order valence-corrected chi connectivity index (χ1v) is 5.12. The van der Waals surface area contributed by atoms with Crippen molar-refractivity contribution in [1.82, 2.24) is 5.32 Å². The van der Waals surface area contributed by atoms with Gasteiger partial charge >= 0.3 is 0 Å². The van der Waals surface area contributed by atoms with E-state index in [9.17, 15) is 9.90 Å². The summed E-state index contributed by atoms with van der Waals surface area (Å²) >= 11 is 0. The summed E-state index contributed by atoms with van der Waals surface area (Å²) in [6, 6.07) is 0. The smallest absolute Gasteiger partial charge is 0.295 e. The maximum Gasteiger partial charge on any atom is 0.295 e. The number of nitrogens with one attached hydrogen (secondary N) is 1. The van der Waals surface area contributed by atoms with Gasteiger partial charge in [0, 0.05) is 12.5 Å². The van der Waals surface area contributed by atoms with E-state index in [-0.39, 0.29) is 17.9 Å². The first-order chi connectivity index (χ1) is 6.74. The molecule has 3 nitrogen and oxygen atoms in total. The molecule has 0 aliphatic heterocycles. The molecule has 1 aliphatic rings. The van der Waals surface area contributed by atoms with Gasteiger partial charge in [-0.3, -0.25) is 4.79 Å². The van der Waals surface area contributed by atoms with E-state index in [1.54, 1.807) is 6.92 Å². The topological polar surface area (TPSA) is 49.3 Å². The van der Waals surface area contributed by atoms with Gasteiger partial charge in [-0.25, -0.2) is 0 Å². The SMILES string of the molecule is CC#CC(=O)NCC1CCCCC1O. The lowest BCUT2D eigenvalue weighted by molar-refractivity contribution is -0.116. The van der Waals surface area contributed by atoms with Gasteiger partial charge in [0.15, 0.2) is 0 Å². The van der Waals surface area contributed by atoms with Crippen LogP contribution in [0.1, 0.15) is 32.6 Å². The summed E-state index contributed by atoms with van der Waals surface area (Å²) in [5, 5.41) is 12.3. The minimum absolute atomic E-state index is 0.214. The molecule has 0 bridgehead atoms. The van der Waals surface area contributed by atoms with E-state index in [2.05, 4.69) is 17.2 Å². The highest BCUT2D eigenvalue weighted by molar-refractivity contribution is 5.93. The number of carbonyl (C=O) groups excluding carboxylic acids is 1. The number of aliphatic hydroxyl groups is 1. The predicted octanol–water partition coefficient (Wildman–Crippen LogP) is 0.677. The lowest BCUT2D eigenvalue weighted by Crippen LogP contribution is -2.36. The number of hydrogen-bond acceptors (Lipinski definition) is 2. The molecule has 2 unspecified atom stereocenters. The van der Waals surface area contributed by atoms with E-state index in [1.165, 1.54) is 0 Å². The van der Waals surface area contributed by atoms with E-state index in [1.807, 2.05) is 0 Å². The van der Waals surface area contributed by atoms with Crippen molar-refractivity contribution >= 4 is 5.91 Å². The predicted molar refractivity (Wildman–Crippen MR) is 54.4 cm³/mol. The fourth-order valence-electron chi connectivity index (χ4n) is 1.81. The Morgan fingerprint density at radius 2 is 2.21 bits per heavy atom. The summed E-state index contributed by atoms with van der Waals surface area (Å²) in [6.07, 6.45) is 3.86. The minimum Gasteiger partial charge on any atom is -0.393 e. The average Bonchev–Trinajstić information content (AvgIpc) is 2.17. The zero-order valence-electron chi connectivity index (χ0n) is 8.55. The van der Waals surface area contributed by atoms with Crippen molar-refractivity contribution < 1.29 is 9.90 Å². The van der Waals surface area contributed by atoms with Gasteiger partial charge in [-0.1, -0.05) is 18.8 Å². The third kappa shape index (κ3) is 3.39. The lowest BCUT2D eigenvalue weighted by atomic mass is 9.86. The van der Waals surface area contributed by atoms with Crippen molar-refractivity contribution in [2.75, 3.05) is 6.54 Å². The molecule has 1 saturated carbocycles. The van der Waals surface area contributed by atoms with Crippen molar-refractivity contribution in [3.8, 4) is 11.8 Å². The van der Waals surface area contributed by atoms with E-state index in [0.29, 0.717) is 6.54 Å². The van der Waals surface area contributed by atoms with Crippen molar-refractivity contribution in [2.45, 2.75) is 38.7 Å². The highest BCUT2D eigenvalue weighted by atomic mass is 16.3. The van der Waals surface area contributed by atoms with Crippen LogP contribution >= 0.6 is 0 Å². The molecule has 14 heavy (non-hydrogen) atoms. The van der Waals surface area contributed by atoms with Gasteiger partial charge in [-0.15, -0.1) is 0 Å². The van der Waals surface area contributed by atoms with E-state index in [0.717, 1.165) is 25.7 Å². The van der Waals surface area contributed by atoms with Crippen molar-refractivity contribution in [3.63, 3.8) is 0 Å².